The van der Waals surface area contributed by atoms with Crippen LogP contribution in [0.5, 0.6) is 0 Å². The van der Waals surface area contributed by atoms with Crippen molar-refractivity contribution in [3.05, 3.63) is 67.9 Å². The van der Waals surface area contributed by atoms with Crippen LogP contribution in [0.25, 0.3) is 0 Å². The second kappa shape index (κ2) is 7.59. The highest BCUT2D eigenvalue weighted by Crippen LogP contribution is 2.26. The van der Waals surface area contributed by atoms with Crippen molar-refractivity contribution in [1.82, 2.24) is 5.32 Å². The monoisotopic (exact) mass is 389 g/mol. The van der Waals surface area contributed by atoms with Crippen LogP contribution in [0, 0.1) is 5.82 Å². The SMILES string of the molecule is CNC(Cc1cc(Br)ccc1F)Cc1c(Cl)cccc1Cl. The Balaban J connectivity index is 2.19. The van der Waals surface area contributed by atoms with E-state index < -0.39 is 0 Å². The van der Waals surface area contributed by atoms with Crippen LogP contribution in [-0.2, 0) is 12.8 Å². The summed E-state index contributed by atoms with van der Waals surface area (Å²) in [5.41, 5.74) is 1.54. The molecule has 0 aliphatic heterocycles. The zero-order chi connectivity index (χ0) is 15.4. The smallest absolute Gasteiger partial charge is 0.126 e. The van der Waals surface area contributed by atoms with E-state index in [4.69, 9.17) is 23.2 Å². The lowest BCUT2D eigenvalue weighted by Gasteiger charge is -2.18. The maximum atomic E-state index is 13.9. The van der Waals surface area contributed by atoms with Crippen LogP contribution in [0.3, 0.4) is 0 Å². The third-order valence-electron chi connectivity index (χ3n) is 3.39. The van der Waals surface area contributed by atoms with Gasteiger partial charge in [-0.2, -0.15) is 0 Å². The molecule has 0 aliphatic rings. The first-order valence-corrected chi connectivity index (χ1v) is 8.10. The molecule has 0 amide bonds. The van der Waals surface area contributed by atoms with Crippen LogP contribution >= 0.6 is 39.1 Å². The molecule has 1 nitrogen and oxygen atoms in total. The van der Waals surface area contributed by atoms with E-state index in [1.807, 2.05) is 25.2 Å². The molecule has 0 fully saturated rings. The molecule has 0 radical (unpaired) electrons. The molecule has 0 spiro atoms. The first kappa shape index (κ1) is 16.8. The summed E-state index contributed by atoms with van der Waals surface area (Å²) in [5.74, 6) is -0.205. The van der Waals surface area contributed by atoms with E-state index in [0.717, 1.165) is 10.0 Å². The van der Waals surface area contributed by atoms with Crippen molar-refractivity contribution in [1.29, 1.82) is 0 Å². The summed E-state index contributed by atoms with van der Waals surface area (Å²) in [6.45, 7) is 0. The minimum Gasteiger partial charge on any atom is -0.316 e. The van der Waals surface area contributed by atoms with Crippen LogP contribution in [-0.4, -0.2) is 13.1 Å². The van der Waals surface area contributed by atoms with Gasteiger partial charge in [-0.3, -0.25) is 0 Å². The summed E-state index contributed by atoms with van der Waals surface area (Å²) in [7, 11) is 1.85. The highest BCUT2D eigenvalue weighted by molar-refractivity contribution is 9.10. The van der Waals surface area contributed by atoms with Gasteiger partial charge >= 0.3 is 0 Å². The standard InChI is InChI=1S/C16H15BrCl2FN/c1-21-12(8-10-7-11(17)5-6-16(10)20)9-13-14(18)3-2-4-15(13)19/h2-7,12,21H,8-9H2,1H3. The fourth-order valence-electron chi connectivity index (χ4n) is 2.22. The first-order valence-electron chi connectivity index (χ1n) is 6.55. The Labute approximate surface area is 142 Å². The zero-order valence-electron chi connectivity index (χ0n) is 11.5. The Bertz CT molecular complexity index is 613. The van der Waals surface area contributed by atoms with Gasteiger partial charge in [0.2, 0.25) is 0 Å². The van der Waals surface area contributed by atoms with Crippen molar-refractivity contribution in [2.75, 3.05) is 7.05 Å². The predicted octanol–water partition coefficient (Wildman–Crippen LogP) is 5.27. The molecule has 0 aromatic heterocycles. The summed E-state index contributed by atoms with van der Waals surface area (Å²) < 4.78 is 14.7. The molecule has 1 unspecified atom stereocenters. The largest absolute Gasteiger partial charge is 0.316 e. The third kappa shape index (κ3) is 4.43. The predicted molar refractivity (Wildman–Crippen MR) is 90.8 cm³/mol. The Morgan fingerprint density at radius 1 is 1.14 bits per heavy atom. The number of halogens is 4. The second-order valence-corrected chi connectivity index (χ2v) is 6.56. The van der Waals surface area contributed by atoms with Gasteiger partial charge in [-0.1, -0.05) is 45.2 Å². The van der Waals surface area contributed by atoms with E-state index in [9.17, 15) is 4.39 Å². The topological polar surface area (TPSA) is 12.0 Å². The number of benzene rings is 2. The Kier molecular flexibility index (Phi) is 6.06. The number of likely N-dealkylation sites (N-methyl/N-ethyl adjacent to an activating group) is 1. The Morgan fingerprint density at radius 3 is 2.43 bits per heavy atom. The van der Waals surface area contributed by atoms with Crippen LogP contribution in [0.1, 0.15) is 11.1 Å². The highest BCUT2D eigenvalue weighted by Gasteiger charge is 2.15. The van der Waals surface area contributed by atoms with Gasteiger partial charge in [0.1, 0.15) is 5.82 Å². The second-order valence-electron chi connectivity index (χ2n) is 4.83. The average molecular weight is 391 g/mol. The van der Waals surface area contributed by atoms with Crippen molar-refractivity contribution in [3.8, 4) is 0 Å². The molecule has 2 aromatic carbocycles. The van der Waals surface area contributed by atoms with E-state index >= 15 is 0 Å². The van der Waals surface area contributed by atoms with E-state index in [0.29, 0.717) is 28.5 Å². The quantitative estimate of drug-likeness (QED) is 0.733. The van der Waals surface area contributed by atoms with Gasteiger partial charge in [-0.15, -0.1) is 0 Å². The van der Waals surface area contributed by atoms with Gasteiger partial charge in [0.15, 0.2) is 0 Å². The summed E-state index contributed by atoms with van der Waals surface area (Å²) in [4.78, 5) is 0. The molecule has 2 rings (SSSR count). The number of hydrogen-bond donors (Lipinski definition) is 1. The van der Waals surface area contributed by atoms with E-state index in [1.165, 1.54) is 6.07 Å². The maximum Gasteiger partial charge on any atom is 0.126 e. The first-order chi connectivity index (χ1) is 10.0. The van der Waals surface area contributed by atoms with Crippen LogP contribution in [0.2, 0.25) is 10.0 Å². The van der Waals surface area contributed by atoms with Crippen LogP contribution in [0.4, 0.5) is 4.39 Å². The lowest BCUT2D eigenvalue weighted by atomic mass is 9.98. The fraction of sp³-hybridized carbons (Fsp3) is 0.250. The van der Waals surface area contributed by atoms with E-state index in [-0.39, 0.29) is 11.9 Å². The molecule has 0 saturated heterocycles. The van der Waals surface area contributed by atoms with Gasteiger partial charge < -0.3 is 5.32 Å². The molecule has 1 N–H and O–H groups in total. The lowest BCUT2D eigenvalue weighted by molar-refractivity contribution is 0.532. The average Bonchev–Trinajstić information content (AvgIpc) is 2.45. The van der Waals surface area contributed by atoms with Crippen molar-refractivity contribution in [2.24, 2.45) is 0 Å². The highest BCUT2D eigenvalue weighted by atomic mass is 79.9. The van der Waals surface area contributed by atoms with Gasteiger partial charge in [0, 0.05) is 20.6 Å². The number of rotatable bonds is 5. The minimum absolute atomic E-state index is 0.0474. The number of hydrogen-bond acceptors (Lipinski definition) is 1. The Hall–Kier alpha value is -0.610. The van der Waals surface area contributed by atoms with Crippen LogP contribution in [0.15, 0.2) is 40.9 Å². The van der Waals surface area contributed by atoms with Gasteiger partial charge in [-0.05, 0) is 61.3 Å². The number of nitrogens with one attached hydrogen (secondary N) is 1. The maximum absolute atomic E-state index is 13.9. The van der Waals surface area contributed by atoms with E-state index in [1.54, 1.807) is 12.1 Å². The summed E-state index contributed by atoms with van der Waals surface area (Å²) in [6, 6.07) is 10.5. The van der Waals surface area contributed by atoms with Crippen molar-refractivity contribution < 1.29 is 4.39 Å². The molecule has 0 saturated carbocycles. The molecule has 0 heterocycles. The molecular formula is C16H15BrCl2FN. The third-order valence-corrected chi connectivity index (χ3v) is 4.60. The van der Waals surface area contributed by atoms with Gasteiger partial charge in [0.05, 0.1) is 0 Å². The molecule has 112 valence electrons. The van der Waals surface area contributed by atoms with Crippen molar-refractivity contribution in [2.45, 2.75) is 18.9 Å². The summed E-state index contributed by atoms with van der Waals surface area (Å²) in [5, 5.41) is 4.47. The fourth-order valence-corrected chi connectivity index (χ4v) is 3.18. The summed E-state index contributed by atoms with van der Waals surface area (Å²) >= 11 is 15.8. The van der Waals surface area contributed by atoms with Crippen LogP contribution < -0.4 is 5.32 Å². The van der Waals surface area contributed by atoms with Gasteiger partial charge in [0.25, 0.3) is 0 Å². The molecule has 5 heteroatoms. The van der Waals surface area contributed by atoms with Gasteiger partial charge in [-0.25, -0.2) is 4.39 Å². The molecule has 1 atom stereocenters. The molecule has 2 aromatic rings. The molecule has 21 heavy (non-hydrogen) atoms. The normalized spacial score (nSPS) is 12.4. The van der Waals surface area contributed by atoms with E-state index in [2.05, 4.69) is 21.2 Å². The molecule has 0 aliphatic carbocycles. The minimum atomic E-state index is -0.205. The molecular weight excluding hydrogens is 376 g/mol. The van der Waals surface area contributed by atoms with Crippen molar-refractivity contribution >= 4 is 39.1 Å². The zero-order valence-corrected chi connectivity index (χ0v) is 14.6. The molecule has 0 bridgehead atoms. The lowest BCUT2D eigenvalue weighted by Crippen LogP contribution is -2.30. The van der Waals surface area contributed by atoms with Crippen molar-refractivity contribution in [3.63, 3.8) is 0 Å². The summed E-state index contributed by atoms with van der Waals surface area (Å²) in [6.07, 6.45) is 1.20. The Morgan fingerprint density at radius 2 is 1.81 bits per heavy atom.